The van der Waals surface area contributed by atoms with Gasteiger partial charge in [-0.25, -0.2) is 0 Å². The molecule has 2 atom stereocenters. The molecule has 18 heavy (non-hydrogen) atoms. The van der Waals surface area contributed by atoms with Crippen molar-refractivity contribution in [1.82, 2.24) is 10.2 Å². The van der Waals surface area contributed by atoms with Crippen molar-refractivity contribution < 1.29 is 9.53 Å². The van der Waals surface area contributed by atoms with E-state index in [0.717, 1.165) is 39.0 Å². The smallest absolute Gasteiger partial charge is 0.232 e. The Bertz CT molecular complexity index is 288. The summed E-state index contributed by atoms with van der Waals surface area (Å²) in [5, 5.41) is 3.32. The number of hydrogen-bond acceptors (Lipinski definition) is 3. The molecule has 2 saturated heterocycles. The van der Waals surface area contributed by atoms with Gasteiger partial charge in [-0.1, -0.05) is 13.3 Å². The van der Waals surface area contributed by atoms with Crippen molar-refractivity contribution in [3.63, 3.8) is 0 Å². The van der Waals surface area contributed by atoms with E-state index in [1.807, 2.05) is 0 Å². The van der Waals surface area contributed by atoms with E-state index in [2.05, 4.69) is 17.1 Å². The number of rotatable bonds is 4. The molecule has 0 bridgehead atoms. The van der Waals surface area contributed by atoms with Crippen LogP contribution in [0.4, 0.5) is 0 Å². The third-order valence-corrected chi connectivity index (χ3v) is 4.50. The van der Waals surface area contributed by atoms with Gasteiger partial charge in [0.1, 0.15) is 0 Å². The van der Waals surface area contributed by atoms with Crippen LogP contribution in [0.5, 0.6) is 0 Å². The normalized spacial score (nSPS) is 32.8. The van der Waals surface area contributed by atoms with E-state index >= 15 is 0 Å². The topological polar surface area (TPSA) is 41.6 Å². The first-order valence-electron chi connectivity index (χ1n) is 7.21. The average Bonchev–Trinajstić information content (AvgIpc) is 2.88. The first kappa shape index (κ1) is 13.8. The maximum absolute atomic E-state index is 12.8. The van der Waals surface area contributed by atoms with E-state index in [1.54, 1.807) is 7.11 Å². The Labute approximate surface area is 110 Å². The van der Waals surface area contributed by atoms with Crippen LogP contribution in [0.3, 0.4) is 0 Å². The lowest BCUT2D eigenvalue weighted by Gasteiger charge is -2.38. The molecule has 0 radical (unpaired) electrons. The monoisotopic (exact) mass is 254 g/mol. The summed E-state index contributed by atoms with van der Waals surface area (Å²) in [6.07, 6.45) is 4.52. The van der Waals surface area contributed by atoms with Crippen LogP contribution < -0.4 is 5.32 Å². The molecule has 0 aliphatic carbocycles. The predicted molar refractivity (Wildman–Crippen MR) is 71.4 cm³/mol. The Morgan fingerprint density at radius 2 is 2.39 bits per heavy atom. The van der Waals surface area contributed by atoms with E-state index in [0.29, 0.717) is 18.4 Å². The summed E-state index contributed by atoms with van der Waals surface area (Å²) < 4.78 is 5.31. The van der Waals surface area contributed by atoms with Gasteiger partial charge < -0.3 is 15.0 Å². The summed E-state index contributed by atoms with van der Waals surface area (Å²) in [5.74, 6) is 1.00. The lowest BCUT2D eigenvalue weighted by atomic mass is 9.84. The molecule has 0 saturated carbocycles. The summed E-state index contributed by atoms with van der Waals surface area (Å²) in [5.41, 5.74) is -0.301. The average molecular weight is 254 g/mol. The zero-order valence-electron chi connectivity index (χ0n) is 11.7. The van der Waals surface area contributed by atoms with Gasteiger partial charge >= 0.3 is 0 Å². The van der Waals surface area contributed by atoms with Crippen molar-refractivity contribution in [3.8, 4) is 0 Å². The molecule has 0 aromatic heterocycles. The molecule has 2 fully saturated rings. The van der Waals surface area contributed by atoms with Crippen LogP contribution in [0.15, 0.2) is 0 Å². The Hall–Kier alpha value is -0.610. The van der Waals surface area contributed by atoms with Crippen LogP contribution >= 0.6 is 0 Å². The molecule has 0 aromatic carbocycles. The minimum atomic E-state index is -0.301. The second-order valence-corrected chi connectivity index (χ2v) is 5.81. The zero-order valence-corrected chi connectivity index (χ0v) is 11.7. The standard InChI is InChI=1S/C14H26N2O2/c1-3-12-5-4-8-16(9-12)13(17)14(11-18-2)6-7-15-10-14/h12,15H,3-11H2,1-2H3. The third kappa shape index (κ3) is 2.69. The van der Waals surface area contributed by atoms with Gasteiger partial charge in [0.2, 0.25) is 5.91 Å². The van der Waals surface area contributed by atoms with Crippen LogP contribution in [-0.2, 0) is 9.53 Å². The van der Waals surface area contributed by atoms with E-state index in [4.69, 9.17) is 4.74 Å². The summed E-state index contributed by atoms with van der Waals surface area (Å²) in [6.45, 7) is 6.35. The number of methoxy groups -OCH3 is 1. The van der Waals surface area contributed by atoms with Crippen molar-refractivity contribution >= 4 is 5.91 Å². The first-order chi connectivity index (χ1) is 8.72. The van der Waals surface area contributed by atoms with Gasteiger partial charge in [-0.3, -0.25) is 4.79 Å². The van der Waals surface area contributed by atoms with Crippen molar-refractivity contribution in [2.45, 2.75) is 32.6 Å². The van der Waals surface area contributed by atoms with Gasteiger partial charge in [-0.15, -0.1) is 0 Å². The fourth-order valence-corrected chi connectivity index (χ4v) is 3.31. The summed E-state index contributed by atoms with van der Waals surface area (Å²) in [7, 11) is 1.69. The molecule has 104 valence electrons. The van der Waals surface area contributed by atoms with E-state index < -0.39 is 0 Å². The van der Waals surface area contributed by atoms with Crippen molar-refractivity contribution in [2.75, 3.05) is 39.9 Å². The van der Waals surface area contributed by atoms with Crippen LogP contribution in [0.2, 0.25) is 0 Å². The molecule has 0 spiro atoms. The molecule has 2 aliphatic rings. The molecule has 2 aliphatic heterocycles. The predicted octanol–water partition coefficient (Wildman–Crippen LogP) is 1.26. The first-order valence-corrected chi connectivity index (χ1v) is 7.21. The molecule has 1 amide bonds. The fourth-order valence-electron chi connectivity index (χ4n) is 3.31. The number of nitrogens with zero attached hydrogens (tertiary/aromatic N) is 1. The number of likely N-dealkylation sites (tertiary alicyclic amines) is 1. The van der Waals surface area contributed by atoms with Gasteiger partial charge in [0.05, 0.1) is 12.0 Å². The molecule has 4 heteroatoms. The van der Waals surface area contributed by atoms with Crippen LogP contribution in [0.25, 0.3) is 0 Å². The van der Waals surface area contributed by atoms with E-state index in [1.165, 1.54) is 12.8 Å². The number of ether oxygens (including phenoxy) is 1. The lowest BCUT2D eigenvalue weighted by molar-refractivity contribution is -0.146. The SMILES string of the molecule is CCC1CCCN(C(=O)C2(COC)CCNC2)C1. The summed E-state index contributed by atoms with van der Waals surface area (Å²) >= 11 is 0. The maximum Gasteiger partial charge on any atom is 0.232 e. The number of piperidine rings is 1. The number of nitrogens with one attached hydrogen (secondary N) is 1. The Morgan fingerprint density at radius 3 is 3.00 bits per heavy atom. The Kier molecular flexibility index (Phi) is 4.62. The number of hydrogen-bond donors (Lipinski definition) is 1. The molecule has 2 unspecified atom stereocenters. The molecule has 0 aromatic rings. The van der Waals surface area contributed by atoms with Gasteiger partial charge in [0, 0.05) is 26.7 Å². The van der Waals surface area contributed by atoms with Crippen molar-refractivity contribution in [1.29, 1.82) is 0 Å². The Balaban J connectivity index is 2.04. The van der Waals surface area contributed by atoms with Gasteiger partial charge in [-0.05, 0) is 31.7 Å². The van der Waals surface area contributed by atoms with E-state index in [-0.39, 0.29) is 5.41 Å². The van der Waals surface area contributed by atoms with Crippen LogP contribution in [0.1, 0.15) is 32.6 Å². The maximum atomic E-state index is 12.8. The summed E-state index contributed by atoms with van der Waals surface area (Å²) in [6, 6.07) is 0. The third-order valence-electron chi connectivity index (χ3n) is 4.50. The second-order valence-electron chi connectivity index (χ2n) is 5.81. The molecular weight excluding hydrogens is 228 g/mol. The van der Waals surface area contributed by atoms with Gasteiger partial charge in [0.25, 0.3) is 0 Å². The Morgan fingerprint density at radius 1 is 1.56 bits per heavy atom. The molecular formula is C14H26N2O2. The number of amides is 1. The van der Waals surface area contributed by atoms with Gasteiger partial charge in [0.15, 0.2) is 0 Å². The van der Waals surface area contributed by atoms with Crippen LogP contribution in [0, 0.1) is 11.3 Å². The fraction of sp³-hybridized carbons (Fsp3) is 0.929. The molecule has 2 rings (SSSR count). The highest BCUT2D eigenvalue weighted by Gasteiger charge is 2.44. The van der Waals surface area contributed by atoms with Crippen molar-refractivity contribution in [3.05, 3.63) is 0 Å². The minimum absolute atomic E-state index is 0.301. The van der Waals surface area contributed by atoms with Crippen LogP contribution in [-0.4, -0.2) is 50.7 Å². The second kappa shape index (κ2) is 6.02. The quantitative estimate of drug-likeness (QED) is 0.821. The lowest BCUT2D eigenvalue weighted by Crippen LogP contribution is -2.51. The van der Waals surface area contributed by atoms with Crippen molar-refractivity contribution in [2.24, 2.45) is 11.3 Å². The molecule has 2 heterocycles. The highest BCUT2D eigenvalue weighted by molar-refractivity contribution is 5.83. The zero-order chi connectivity index (χ0) is 13.0. The largest absolute Gasteiger partial charge is 0.384 e. The summed E-state index contributed by atoms with van der Waals surface area (Å²) in [4.78, 5) is 14.9. The minimum Gasteiger partial charge on any atom is -0.384 e. The highest BCUT2D eigenvalue weighted by atomic mass is 16.5. The van der Waals surface area contributed by atoms with E-state index in [9.17, 15) is 4.79 Å². The number of carbonyl (C=O) groups excluding carboxylic acids is 1. The molecule has 1 N–H and O–H groups in total. The molecule has 4 nitrogen and oxygen atoms in total. The highest BCUT2D eigenvalue weighted by Crippen LogP contribution is 2.31. The number of carbonyl (C=O) groups is 1. The van der Waals surface area contributed by atoms with Gasteiger partial charge in [-0.2, -0.15) is 0 Å².